The molecule has 0 aliphatic carbocycles. The Balaban J connectivity index is 0.000000291. The number of imide groups is 1. The quantitative estimate of drug-likeness (QED) is 0.408. The number of carbonyl (C=O) groups is 2. The van der Waals surface area contributed by atoms with Crippen LogP contribution in [0.15, 0.2) is 0 Å². The molecule has 5 nitrogen and oxygen atoms in total. The predicted octanol–water partition coefficient (Wildman–Crippen LogP) is -1.03. The van der Waals surface area contributed by atoms with E-state index in [9.17, 15) is 9.59 Å². The predicted molar refractivity (Wildman–Crippen MR) is 28.2 cm³/mol. The maximum absolute atomic E-state index is 10.1. The van der Waals surface area contributed by atoms with Crippen molar-refractivity contribution in [3.8, 4) is 6.57 Å². The van der Waals surface area contributed by atoms with Gasteiger partial charge < -0.3 is 5.32 Å². The Morgan fingerprint density at radius 2 is 2.00 bits per heavy atom. The van der Waals surface area contributed by atoms with E-state index >= 15 is 0 Å². The second kappa shape index (κ2) is 3.43. The van der Waals surface area contributed by atoms with Crippen molar-refractivity contribution in [2.24, 2.45) is 0 Å². The first-order valence-corrected chi connectivity index (χ1v) is 2.12. The Kier molecular flexibility index (Phi) is 2.84. The summed E-state index contributed by atoms with van der Waals surface area (Å²) in [6.07, 6.45) is 0. The molecule has 0 aromatic carbocycles. The Morgan fingerprint density at radius 3 is 2.11 bits per heavy atom. The van der Waals surface area contributed by atoms with E-state index in [2.05, 4.69) is 11.9 Å². The van der Waals surface area contributed by atoms with E-state index in [0.29, 0.717) is 0 Å². The number of nitriles is 1. The molecule has 3 amide bonds. The van der Waals surface area contributed by atoms with Gasteiger partial charge in [0.1, 0.15) is 0 Å². The molecule has 1 saturated heterocycles. The third kappa shape index (κ3) is 2.29. The van der Waals surface area contributed by atoms with E-state index < -0.39 is 6.03 Å². The molecule has 0 bridgehead atoms. The van der Waals surface area contributed by atoms with Crippen LogP contribution in [-0.4, -0.2) is 18.5 Å². The van der Waals surface area contributed by atoms with Gasteiger partial charge in [-0.15, -0.1) is 0 Å². The van der Waals surface area contributed by atoms with Crippen molar-refractivity contribution in [3.05, 3.63) is 0 Å². The molecule has 0 aromatic rings. The molecule has 5 heteroatoms. The molecule has 0 atom stereocenters. The molecule has 48 valence electrons. The maximum Gasteiger partial charge on any atom is 0.321 e. The standard InChI is InChI=1S/C3H4N2O2.CHN/c6-2-1-4-3(7)5-2;1-2/h1H2,(H2,4,5,6,7);1H. The van der Waals surface area contributed by atoms with E-state index in [4.69, 9.17) is 5.26 Å². The van der Waals surface area contributed by atoms with Crippen LogP contribution in [0, 0.1) is 11.8 Å². The van der Waals surface area contributed by atoms with Crippen LogP contribution in [0.2, 0.25) is 0 Å². The fourth-order valence-corrected chi connectivity index (χ4v) is 0.376. The van der Waals surface area contributed by atoms with Crippen molar-refractivity contribution in [1.29, 1.82) is 5.26 Å². The van der Waals surface area contributed by atoms with E-state index in [1.807, 2.05) is 5.32 Å². The monoisotopic (exact) mass is 127 g/mol. The lowest BCUT2D eigenvalue weighted by atomic mass is 10.7. The second-order valence-electron chi connectivity index (χ2n) is 1.23. The number of carbonyl (C=O) groups excluding carboxylic acids is 2. The third-order valence-electron chi connectivity index (χ3n) is 0.662. The van der Waals surface area contributed by atoms with Crippen LogP contribution in [0.3, 0.4) is 0 Å². The number of nitrogens with one attached hydrogen (secondary N) is 2. The smallest absolute Gasteiger partial charge is 0.321 e. The van der Waals surface area contributed by atoms with Gasteiger partial charge in [0.05, 0.1) is 6.54 Å². The zero-order valence-corrected chi connectivity index (χ0v) is 4.55. The first kappa shape index (κ1) is 7.43. The van der Waals surface area contributed by atoms with Gasteiger partial charge in [-0.25, -0.2) is 10.1 Å². The Morgan fingerprint density at radius 1 is 1.44 bits per heavy atom. The van der Waals surface area contributed by atoms with Crippen molar-refractivity contribution in [2.75, 3.05) is 6.54 Å². The molecular formula is C4H5N3O2. The Bertz CT molecular complexity index is 137. The van der Waals surface area contributed by atoms with Gasteiger partial charge in [-0.05, 0) is 0 Å². The molecule has 2 N–H and O–H groups in total. The van der Waals surface area contributed by atoms with E-state index in [1.165, 1.54) is 0 Å². The summed E-state index contributed by atoms with van der Waals surface area (Å²) in [4.78, 5) is 20.1. The van der Waals surface area contributed by atoms with Crippen LogP contribution in [0.5, 0.6) is 0 Å². The number of nitrogens with zero attached hydrogens (tertiary/aromatic N) is 1. The number of rotatable bonds is 0. The molecule has 0 spiro atoms. The summed E-state index contributed by atoms with van der Waals surface area (Å²) >= 11 is 0. The highest BCUT2D eigenvalue weighted by Gasteiger charge is 2.14. The molecule has 0 radical (unpaired) electrons. The van der Waals surface area contributed by atoms with E-state index in [1.54, 1.807) is 0 Å². The van der Waals surface area contributed by atoms with Crippen LogP contribution in [-0.2, 0) is 4.79 Å². The summed E-state index contributed by atoms with van der Waals surface area (Å²) in [7, 11) is 0. The van der Waals surface area contributed by atoms with Gasteiger partial charge >= 0.3 is 6.03 Å². The lowest BCUT2D eigenvalue weighted by molar-refractivity contribution is -0.117. The van der Waals surface area contributed by atoms with E-state index in [-0.39, 0.29) is 12.5 Å². The number of amides is 3. The highest BCUT2D eigenvalue weighted by molar-refractivity contribution is 6.01. The average molecular weight is 127 g/mol. The zero-order valence-electron chi connectivity index (χ0n) is 4.55. The third-order valence-corrected chi connectivity index (χ3v) is 0.662. The molecule has 1 aliphatic rings. The molecule has 1 heterocycles. The second-order valence-corrected chi connectivity index (χ2v) is 1.23. The van der Waals surface area contributed by atoms with Crippen molar-refractivity contribution in [2.45, 2.75) is 0 Å². The lowest BCUT2D eigenvalue weighted by Crippen LogP contribution is -2.22. The summed E-state index contributed by atoms with van der Waals surface area (Å²) in [6, 6.07) is -0.398. The van der Waals surface area contributed by atoms with Gasteiger partial charge in [0.2, 0.25) is 5.91 Å². The topological polar surface area (TPSA) is 82.0 Å². The maximum atomic E-state index is 10.1. The molecule has 1 fully saturated rings. The first-order chi connectivity index (χ1) is 4.29. The molecule has 0 unspecified atom stereocenters. The van der Waals surface area contributed by atoms with Gasteiger partial charge in [-0.3, -0.25) is 10.1 Å². The van der Waals surface area contributed by atoms with Crippen molar-refractivity contribution < 1.29 is 9.59 Å². The van der Waals surface area contributed by atoms with Crippen LogP contribution >= 0.6 is 0 Å². The summed E-state index contributed by atoms with van der Waals surface area (Å²) in [5.41, 5.74) is 0. The van der Waals surface area contributed by atoms with Crippen LogP contribution < -0.4 is 10.6 Å². The normalized spacial score (nSPS) is 14.9. The Labute approximate surface area is 51.6 Å². The lowest BCUT2D eigenvalue weighted by Gasteiger charge is -1.78. The molecule has 0 saturated carbocycles. The highest BCUT2D eigenvalue weighted by atomic mass is 16.2. The average Bonchev–Trinajstić information content (AvgIpc) is 2.20. The van der Waals surface area contributed by atoms with Gasteiger partial charge in [-0.1, -0.05) is 0 Å². The minimum absolute atomic E-state index is 0.124. The molecule has 9 heavy (non-hydrogen) atoms. The van der Waals surface area contributed by atoms with Crippen LogP contribution in [0.25, 0.3) is 0 Å². The summed E-state index contributed by atoms with van der Waals surface area (Å²) in [5.74, 6) is -0.259. The molecule has 1 aliphatic heterocycles. The van der Waals surface area contributed by atoms with Gasteiger partial charge in [0, 0.05) is 6.57 Å². The number of hydrogen-bond acceptors (Lipinski definition) is 3. The summed E-state index contributed by atoms with van der Waals surface area (Å²) in [6.45, 7) is 3.62. The largest absolute Gasteiger partial charge is 0.329 e. The number of hydrogen-bond donors (Lipinski definition) is 2. The molecule has 1 rings (SSSR count). The highest BCUT2D eigenvalue weighted by Crippen LogP contribution is 1.73. The van der Waals surface area contributed by atoms with E-state index in [0.717, 1.165) is 0 Å². The van der Waals surface area contributed by atoms with Gasteiger partial charge in [0.25, 0.3) is 0 Å². The van der Waals surface area contributed by atoms with Gasteiger partial charge in [0.15, 0.2) is 0 Å². The minimum Gasteiger partial charge on any atom is -0.329 e. The molecule has 0 aromatic heterocycles. The minimum atomic E-state index is -0.398. The molecular weight excluding hydrogens is 122 g/mol. The van der Waals surface area contributed by atoms with Crippen LogP contribution in [0.4, 0.5) is 4.79 Å². The first-order valence-electron chi connectivity index (χ1n) is 2.12. The van der Waals surface area contributed by atoms with Crippen LogP contribution in [0.1, 0.15) is 0 Å². The van der Waals surface area contributed by atoms with Crippen molar-refractivity contribution in [3.63, 3.8) is 0 Å². The zero-order chi connectivity index (χ0) is 7.28. The Hall–Kier alpha value is -1.57. The fourth-order valence-electron chi connectivity index (χ4n) is 0.376. The summed E-state index contributed by atoms with van der Waals surface area (Å²) < 4.78 is 0. The summed E-state index contributed by atoms with van der Waals surface area (Å²) in [5, 5.41) is 10.8. The van der Waals surface area contributed by atoms with Gasteiger partial charge in [-0.2, -0.15) is 0 Å². The SMILES string of the molecule is C#N.O=C1CNC(=O)N1. The van der Waals surface area contributed by atoms with Crippen molar-refractivity contribution in [1.82, 2.24) is 10.6 Å². The number of urea groups is 1. The fraction of sp³-hybridized carbons (Fsp3) is 0.250. The van der Waals surface area contributed by atoms with Crippen molar-refractivity contribution >= 4 is 11.9 Å².